The van der Waals surface area contributed by atoms with Gasteiger partial charge in [0.15, 0.2) is 0 Å². The van der Waals surface area contributed by atoms with Crippen molar-refractivity contribution in [3.63, 3.8) is 0 Å². The highest BCUT2D eigenvalue weighted by Crippen LogP contribution is 1.87. The van der Waals surface area contributed by atoms with Crippen LogP contribution in [0.4, 0.5) is 0 Å². The van der Waals surface area contributed by atoms with Crippen LogP contribution in [0.2, 0.25) is 0 Å². The standard InChI is InChI=1S/C12H16O6/c13-7-1-3-9-17-11(15)5-6-12(16)18-10-4-2-8-14/h1-6,13-14H,7-10H2/b3-1+,4-2?,6-5?. The third kappa shape index (κ3) is 10.6. The number of aliphatic hydroxyl groups excluding tert-OH is 2. The average molecular weight is 256 g/mol. The number of aliphatic hydroxyl groups is 2. The zero-order chi connectivity index (χ0) is 13.6. The minimum absolute atomic E-state index is 0.0258. The second kappa shape index (κ2) is 11.6. The molecule has 2 N–H and O–H groups in total. The summed E-state index contributed by atoms with van der Waals surface area (Å²) in [6, 6.07) is 0. The van der Waals surface area contributed by atoms with Gasteiger partial charge in [-0.1, -0.05) is 12.2 Å². The lowest BCUT2D eigenvalue weighted by Crippen LogP contribution is -2.04. The van der Waals surface area contributed by atoms with Crippen LogP contribution in [0.5, 0.6) is 0 Å². The smallest absolute Gasteiger partial charge is 0.331 e. The van der Waals surface area contributed by atoms with Gasteiger partial charge in [-0.3, -0.25) is 0 Å². The van der Waals surface area contributed by atoms with E-state index in [0.29, 0.717) is 0 Å². The van der Waals surface area contributed by atoms with Crippen LogP contribution in [0, 0.1) is 0 Å². The molecule has 0 spiro atoms. The molecule has 0 fully saturated rings. The Labute approximate surface area is 105 Å². The summed E-state index contributed by atoms with van der Waals surface area (Å²) in [7, 11) is 0. The molecule has 6 heteroatoms. The fourth-order valence-electron chi connectivity index (χ4n) is 0.778. The lowest BCUT2D eigenvalue weighted by molar-refractivity contribution is -0.139. The largest absolute Gasteiger partial charge is 0.458 e. The molecule has 0 radical (unpaired) electrons. The van der Waals surface area contributed by atoms with Crippen molar-refractivity contribution in [1.82, 2.24) is 0 Å². The van der Waals surface area contributed by atoms with Gasteiger partial charge < -0.3 is 19.7 Å². The molecule has 0 heterocycles. The molecule has 0 aromatic rings. The molecule has 0 aliphatic heterocycles. The molecule has 0 rings (SSSR count). The molecule has 0 aliphatic carbocycles. The van der Waals surface area contributed by atoms with Crippen LogP contribution < -0.4 is 0 Å². The maximum atomic E-state index is 11.0. The van der Waals surface area contributed by atoms with Gasteiger partial charge in [0.25, 0.3) is 0 Å². The van der Waals surface area contributed by atoms with E-state index in [0.717, 1.165) is 12.2 Å². The number of ether oxygens (including phenoxy) is 2. The van der Waals surface area contributed by atoms with Crippen LogP contribution in [0.3, 0.4) is 0 Å². The van der Waals surface area contributed by atoms with Gasteiger partial charge in [0.1, 0.15) is 13.2 Å². The minimum atomic E-state index is -0.680. The first-order valence-corrected chi connectivity index (χ1v) is 5.24. The van der Waals surface area contributed by atoms with Crippen molar-refractivity contribution in [2.24, 2.45) is 0 Å². The van der Waals surface area contributed by atoms with E-state index in [1.165, 1.54) is 24.3 Å². The molecule has 0 aromatic carbocycles. The summed E-state index contributed by atoms with van der Waals surface area (Å²) < 4.78 is 9.32. The molecule has 0 unspecified atom stereocenters. The quantitative estimate of drug-likeness (QED) is 0.352. The highest BCUT2D eigenvalue weighted by atomic mass is 16.5. The molecule has 0 amide bonds. The molecule has 0 aliphatic rings. The van der Waals surface area contributed by atoms with Gasteiger partial charge in [-0.15, -0.1) is 0 Å². The van der Waals surface area contributed by atoms with Crippen LogP contribution >= 0.6 is 0 Å². The summed E-state index contributed by atoms with van der Waals surface area (Å²) in [6.45, 7) is -0.196. The van der Waals surface area contributed by atoms with Crippen LogP contribution in [0.1, 0.15) is 0 Å². The van der Waals surface area contributed by atoms with Crippen LogP contribution in [0.15, 0.2) is 36.5 Å². The number of hydrogen-bond donors (Lipinski definition) is 2. The number of carbonyl (C=O) groups excluding carboxylic acids is 2. The maximum absolute atomic E-state index is 11.0. The Morgan fingerprint density at radius 2 is 1.17 bits per heavy atom. The Morgan fingerprint density at radius 3 is 1.50 bits per heavy atom. The van der Waals surface area contributed by atoms with E-state index in [2.05, 4.69) is 9.47 Å². The maximum Gasteiger partial charge on any atom is 0.331 e. The second-order valence-electron chi connectivity index (χ2n) is 2.90. The van der Waals surface area contributed by atoms with Gasteiger partial charge in [-0.25, -0.2) is 9.59 Å². The molecule has 100 valence electrons. The first-order valence-electron chi connectivity index (χ1n) is 5.24. The van der Waals surface area contributed by atoms with Crippen molar-refractivity contribution in [3.8, 4) is 0 Å². The van der Waals surface area contributed by atoms with E-state index in [4.69, 9.17) is 10.2 Å². The van der Waals surface area contributed by atoms with E-state index in [-0.39, 0.29) is 26.4 Å². The molecule has 18 heavy (non-hydrogen) atoms. The average Bonchev–Trinajstić information content (AvgIpc) is 2.37. The van der Waals surface area contributed by atoms with Crippen molar-refractivity contribution in [3.05, 3.63) is 36.5 Å². The second-order valence-corrected chi connectivity index (χ2v) is 2.90. The Morgan fingerprint density at radius 1 is 0.778 bits per heavy atom. The zero-order valence-electron chi connectivity index (χ0n) is 9.82. The summed E-state index contributed by atoms with van der Waals surface area (Å²) in [5.41, 5.74) is 0. The van der Waals surface area contributed by atoms with Crippen LogP contribution in [-0.2, 0) is 19.1 Å². The fourth-order valence-corrected chi connectivity index (χ4v) is 0.778. The predicted octanol–water partition coefficient (Wildman–Crippen LogP) is -0.274. The van der Waals surface area contributed by atoms with Crippen molar-refractivity contribution in [2.45, 2.75) is 0 Å². The zero-order valence-corrected chi connectivity index (χ0v) is 9.82. The Hall–Kier alpha value is -1.92. The normalized spacial score (nSPS) is 11.4. The Balaban J connectivity index is 3.77. The number of hydrogen-bond acceptors (Lipinski definition) is 6. The summed E-state index contributed by atoms with van der Waals surface area (Å²) in [5.74, 6) is -1.36. The summed E-state index contributed by atoms with van der Waals surface area (Å²) in [5, 5.41) is 16.8. The van der Waals surface area contributed by atoms with Crippen LogP contribution in [-0.4, -0.2) is 48.6 Å². The highest BCUT2D eigenvalue weighted by Gasteiger charge is 1.98. The third-order valence-corrected chi connectivity index (χ3v) is 1.54. The van der Waals surface area contributed by atoms with E-state index in [1.807, 2.05) is 0 Å². The first-order chi connectivity index (χ1) is 8.70. The molecule has 6 nitrogen and oxygen atoms in total. The van der Waals surface area contributed by atoms with Gasteiger partial charge in [0, 0.05) is 12.2 Å². The van der Waals surface area contributed by atoms with E-state index < -0.39 is 11.9 Å². The minimum Gasteiger partial charge on any atom is -0.458 e. The lowest BCUT2D eigenvalue weighted by Gasteiger charge is -1.97. The summed E-state index contributed by atoms with van der Waals surface area (Å²) in [4.78, 5) is 22.1. The molecule has 0 atom stereocenters. The van der Waals surface area contributed by atoms with Crippen molar-refractivity contribution < 1.29 is 29.3 Å². The van der Waals surface area contributed by atoms with Crippen molar-refractivity contribution in [1.29, 1.82) is 0 Å². The molecule has 0 aromatic heterocycles. The van der Waals surface area contributed by atoms with Gasteiger partial charge in [-0.2, -0.15) is 0 Å². The van der Waals surface area contributed by atoms with E-state index in [1.54, 1.807) is 0 Å². The van der Waals surface area contributed by atoms with E-state index >= 15 is 0 Å². The van der Waals surface area contributed by atoms with Crippen molar-refractivity contribution in [2.75, 3.05) is 26.4 Å². The monoisotopic (exact) mass is 256 g/mol. The Kier molecular flexibility index (Phi) is 10.3. The van der Waals surface area contributed by atoms with E-state index in [9.17, 15) is 9.59 Å². The van der Waals surface area contributed by atoms with Crippen molar-refractivity contribution >= 4 is 11.9 Å². The van der Waals surface area contributed by atoms with Gasteiger partial charge in [0.2, 0.25) is 0 Å². The number of carbonyl (C=O) groups is 2. The third-order valence-electron chi connectivity index (χ3n) is 1.54. The molecule has 0 bridgehead atoms. The summed E-state index contributed by atoms with van der Waals surface area (Å²) >= 11 is 0. The van der Waals surface area contributed by atoms with Gasteiger partial charge in [0.05, 0.1) is 13.2 Å². The topological polar surface area (TPSA) is 93.1 Å². The molecular formula is C12H16O6. The molecule has 0 saturated carbocycles. The first kappa shape index (κ1) is 16.1. The molecule has 0 saturated heterocycles. The highest BCUT2D eigenvalue weighted by molar-refractivity contribution is 5.91. The molecular weight excluding hydrogens is 240 g/mol. The van der Waals surface area contributed by atoms with Gasteiger partial charge >= 0.3 is 11.9 Å². The fraction of sp³-hybridized carbons (Fsp3) is 0.333. The van der Waals surface area contributed by atoms with Gasteiger partial charge in [-0.05, 0) is 12.2 Å². The van der Waals surface area contributed by atoms with Crippen LogP contribution in [0.25, 0.3) is 0 Å². The SMILES string of the molecule is O=C(C=CC(=O)OC/C=C/CO)OCC=CCO. The predicted molar refractivity (Wildman–Crippen MR) is 63.5 cm³/mol. The summed E-state index contributed by atoms with van der Waals surface area (Å²) in [6.07, 6.45) is 7.71. The Bertz CT molecular complexity index is 297. The lowest BCUT2D eigenvalue weighted by atomic mass is 10.5. The number of esters is 2. The number of rotatable bonds is 8.